The maximum absolute atomic E-state index is 10.5. The van der Waals surface area contributed by atoms with Crippen molar-refractivity contribution in [2.45, 2.75) is 71.4 Å². The Labute approximate surface area is 176 Å². The number of allylic oxidation sites excluding steroid dienone is 2. The van der Waals surface area contributed by atoms with Crippen LogP contribution in [0.25, 0.3) is 0 Å². The van der Waals surface area contributed by atoms with Crippen LogP contribution in [0, 0.1) is 0 Å². The highest BCUT2D eigenvalue weighted by atomic mass is 32.2. The number of hydrogen-bond acceptors (Lipinski definition) is 6. The number of rotatable bonds is 16. The second-order valence-electron chi connectivity index (χ2n) is 7.25. The highest BCUT2D eigenvalue weighted by Crippen LogP contribution is 2.25. The highest BCUT2D eigenvalue weighted by Gasteiger charge is 2.26. The fourth-order valence-corrected chi connectivity index (χ4v) is 5.24. The molecule has 6 heteroatoms. The molecule has 2 atom stereocenters. The van der Waals surface area contributed by atoms with Crippen LogP contribution in [0.5, 0.6) is 0 Å². The molecule has 0 aromatic rings. The summed E-state index contributed by atoms with van der Waals surface area (Å²) in [4.78, 5) is 13.0. The van der Waals surface area contributed by atoms with Crippen LogP contribution in [0.4, 0.5) is 0 Å². The summed E-state index contributed by atoms with van der Waals surface area (Å²) in [7, 11) is 2.29. The smallest absolute Gasteiger partial charge is 0.121 e. The number of carbonyl (C=O) groups is 1. The zero-order valence-corrected chi connectivity index (χ0v) is 19.6. The van der Waals surface area contributed by atoms with E-state index in [4.69, 9.17) is 0 Å². The molecule has 27 heavy (non-hydrogen) atoms. The molecule has 0 bridgehead atoms. The molecular weight excluding hydrogens is 374 g/mol. The van der Waals surface area contributed by atoms with E-state index in [2.05, 4.69) is 53.5 Å². The van der Waals surface area contributed by atoms with Gasteiger partial charge in [0, 0.05) is 56.2 Å². The van der Waals surface area contributed by atoms with Gasteiger partial charge < -0.3 is 9.69 Å². The summed E-state index contributed by atoms with van der Waals surface area (Å²) in [6.45, 7) is 11.0. The Morgan fingerprint density at radius 1 is 0.963 bits per heavy atom. The average Bonchev–Trinajstić information content (AvgIpc) is 3.00. The zero-order chi connectivity index (χ0) is 19.9. The second kappa shape index (κ2) is 15.9. The van der Waals surface area contributed by atoms with E-state index in [-0.39, 0.29) is 0 Å². The van der Waals surface area contributed by atoms with Crippen molar-refractivity contribution in [3.63, 3.8) is 0 Å². The van der Waals surface area contributed by atoms with Gasteiger partial charge >= 0.3 is 0 Å². The summed E-state index contributed by atoms with van der Waals surface area (Å²) in [5, 5.41) is 0. The molecule has 0 aromatic heterocycles. The van der Waals surface area contributed by atoms with Gasteiger partial charge in [-0.15, -0.1) is 0 Å². The maximum Gasteiger partial charge on any atom is 0.121 e. The van der Waals surface area contributed by atoms with E-state index in [9.17, 15) is 4.79 Å². The normalized spacial score (nSPS) is 21.1. The minimum absolute atomic E-state index is 0.637. The van der Waals surface area contributed by atoms with E-state index in [0.717, 1.165) is 56.6 Å². The van der Waals surface area contributed by atoms with Gasteiger partial charge in [-0.3, -0.25) is 8.61 Å². The van der Waals surface area contributed by atoms with Gasteiger partial charge in [0.15, 0.2) is 0 Å². The van der Waals surface area contributed by atoms with E-state index >= 15 is 0 Å². The summed E-state index contributed by atoms with van der Waals surface area (Å²) in [5.41, 5.74) is 0. The monoisotopic (exact) mass is 415 g/mol. The summed E-state index contributed by atoms with van der Waals surface area (Å²) in [5.74, 6) is 2.28. The number of likely N-dealkylation sites (tertiary alicyclic amines) is 1. The minimum atomic E-state index is 0.637. The molecular formula is C21H41N3OS2. The molecule has 0 amide bonds. The van der Waals surface area contributed by atoms with Crippen molar-refractivity contribution in [1.82, 2.24) is 13.5 Å². The van der Waals surface area contributed by atoms with Crippen LogP contribution in [0.15, 0.2) is 12.2 Å². The first kappa shape index (κ1) is 25.0. The van der Waals surface area contributed by atoms with Crippen LogP contribution in [0.1, 0.15) is 59.3 Å². The predicted molar refractivity (Wildman–Crippen MR) is 123 cm³/mol. The minimum Gasteiger partial charge on any atom is -0.303 e. The first-order chi connectivity index (χ1) is 13.1. The Hall–Kier alpha value is -0.0100. The van der Waals surface area contributed by atoms with Gasteiger partial charge in [-0.2, -0.15) is 0 Å². The number of hydrogen-bond donors (Lipinski definition) is 0. The highest BCUT2D eigenvalue weighted by molar-refractivity contribution is 7.97. The molecule has 1 rings (SSSR count). The van der Waals surface area contributed by atoms with E-state index in [1.54, 1.807) is 0 Å². The van der Waals surface area contributed by atoms with E-state index < -0.39 is 0 Å². The van der Waals surface area contributed by atoms with Crippen molar-refractivity contribution in [3.8, 4) is 0 Å². The number of aldehydes is 1. The zero-order valence-electron chi connectivity index (χ0n) is 17.9. The van der Waals surface area contributed by atoms with Crippen LogP contribution in [0.3, 0.4) is 0 Å². The van der Waals surface area contributed by atoms with Gasteiger partial charge in [0.25, 0.3) is 0 Å². The molecule has 0 N–H and O–H groups in total. The lowest BCUT2D eigenvalue weighted by atomic mass is 10.1. The average molecular weight is 416 g/mol. The van der Waals surface area contributed by atoms with Crippen molar-refractivity contribution in [1.29, 1.82) is 0 Å². The molecule has 1 saturated heterocycles. The van der Waals surface area contributed by atoms with Crippen LogP contribution < -0.4 is 0 Å². The molecule has 0 spiro atoms. The van der Waals surface area contributed by atoms with Gasteiger partial charge in [-0.25, -0.2) is 0 Å². The first-order valence-electron chi connectivity index (χ1n) is 10.7. The SMILES string of the molecule is CCN(CCC=O)SCC/C=C/CCSN(CC)CCC1CCC(C)N1C. The standard InChI is InChI=1S/C21H41N3OS2/c1-5-23(15-11-17-25)26-18-9-7-8-10-19-27-24(6-2)16-14-21-13-12-20(3)22(21)4/h7-8,17,20-21H,5-6,9-16,18-19H2,1-4H3/b8-7+. The van der Waals surface area contributed by atoms with E-state index in [0.29, 0.717) is 6.42 Å². The Kier molecular flexibility index (Phi) is 14.7. The Bertz CT molecular complexity index is 409. The molecule has 4 nitrogen and oxygen atoms in total. The Morgan fingerprint density at radius 3 is 2.04 bits per heavy atom. The Balaban J connectivity index is 2.06. The molecule has 0 saturated carbocycles. The van der Waals surface area contributed by atoms with Crippen LogP contribution in [-0.2, 0) is 4.79 Å². The summed E-state index contributed by atoms with van der Waals surface area (Å²) < 4.78 is 4.81. The van der Waals surface area contributed by atoms with E-state index in [1.807, 2.05) is 23.9 Å². The fraction of sp³-hybridized carbons (Fsp3) is 0.857. The first-order valence-corrected chi connectivity index (χ1v) is 12.6. The van der Waals surface area contributed by atoms with Crippen molar-refractivity contribution in [2.75, 3.05) is 44.7 Å². The third-order valence-corrected chi connectivity index (χ3v) is 7.83. The lowest BCUT2D eigenvalue weighted by Gasteiger charge is -2.26. The molecule has 1 fully saturated rings. The molecule has 0 aliphatic carbocycles. The third kappa shape index (κ3) is 10.9. The summed E-state index contributed by atoms with van der Waals surface area (Å²) >= 11 is 3.86. The molecule has 158 valence electrons. The van der Waals surface area contributed by atoms with Crippen molar-refractivity contribution in [3.05, 3.63) is 12.2 Å². The number of carbonyl (C=O) groups excluding carboxylic acids is 1. The van der Waals surface area contributed by atoms with Gasteiger partial charge in [0.1, 0.15) is 6.29 Å². The molecule has 1 aliphatic heterocycles. The van der Waals surface area contributed by atoms with Gasteiger partial charge in [0.05, 0.1) is 0 Å². The second-order valence-corrected chi connectivity index (χ2v) is 9.61. The molecule has 0 aromatic carbocycles. The lowest BCUT2D eigenvalue weighted by Crippen LogP contribution is -2.33. The van der Waals surface area contributed by atoms with Crippen molar-refractivity contribution in [2.24, 2.45) is 0 Å². The van der Waals surface area contributed by atoms with Gasteiger partial charge in [-0.1, -0.05) is 49.9 Å². The summed E-state index contributed by atoms with van der Waals surface area (Å²) in [6.07, 6.45) is 12.6. The van der Waals surface area contributed by atoms with Crippen molar-refractivity contribution >= 4 is 30.2 Å². The van der Waals surface area contributed by atoms with Crippen LogP contribution in [-0.4, -0.2) is 76.6 Å². The summed E-state index contributed by atoms with van der Waals surface area (Å²) in [6, 6.07) is 1.54. The van der Waals surface area contributed by atoms with Gasteiger partial charge in [0.2, 0.25) is 0 Å². The topological polar surface area (TPSA) is 26.8 Å². The van der Waals surface area contributed by atoms with Crippen LogP contribution >= 0.6 is 23.9 Å². The maximum atomic E-state index is 10.5. The quantitative estimate of drug-likeness (QED) is 0.157. The fourth-order valence-electron chi connectivity index (χ4n) is 3.40. The molecule has 1 aliphatic rings. The van der Waals surface area contributed by atoms with Crippen LogP contribution in [0.2, 0.25) is 0 Å². The van der Waals surface area contributed by atoms with Crippen molar-refractivity contribution < 1.29 is 4.79 Å². The lowest BCUT2D eigenvalue weighted by molar-refractivity contribution is -0.107. The molecule has 1 heterocycles. The largest absolute Gasteiger partial charge is 0.303 e. The van der Waals surface area contributed by atoms with Gasteiger partial charge in [-0.05, 0) is 46.1 Å². The molecule has 0 radical (unpaired) electrons. The predicted octanol–water partition coefficient (Wildman–Crippen LogP) is 4.72. The molecule has 2 unspecified atom stereocenters. The third-order valence-electron chi connectivity index (χ3n) is 5.39. The number of nitrogens with zero attached hydrogens (tertiary/aromatic N) is 3. The Morgan fingerprint density at radius 2 is 1.56 bits per heavy atom. The van der Waals surface area contributed by atoms with E-state index in [1.165, 1.54) is 31.6 Å².